The summed E-state index contributed by atoms with van der Waals surface area (Å²) in [5.74, 6) is 1.96. The van der Waals surface area contributed by atoms with Crippen LogP contribution in [0.2, 0.25) is 0 Å². The first-order chi connectivity index (χ1) is 9.13. The summed E-state index contributed by atoms with van der Waals surface area (Å²) < 4.78 is 11.1. The topological polar surface area (TPSA) is 50.7 Å². The molecule has 0 aromatic heterocycles. The van der Waals surface area contributed by atoms with E-state index >= 15 is 0 Å². The van der Waals surface area contributed by atoms with Crippen LogP contribution in [0.1, 0.15) is 20.8 Å². The maximum absolute atomic E-state index is 9.82. The average molecular weight is 267 g/mol. The van der Waals surface area contributed by atoms with Crippen molar-refractivity contribution in [3.05, 3.63) is 24.3 Å². The molecule has 0 aliphatic heterocycles. The van der Waals surface area contributed by atoms with E-state index < -0.39 is 6.10 Å². The highest BCUT2D eigenvalue weighted by Gasteiger charge is 2.08. The van der Waals surface area contributed by atoms with Crippen molar-refractivity contribution in [1.29, 1.82) is 0 Å². The summed E-state index contributed by atoms with van der Waals surface area (Å²) in [6.45, 7) is 8.49. The SMILES string of the molecule is CCOc1ccccc1OC[C@H](O)CNCC(C)C. The highest BCUT2D eigenvalue weighted by atomic mass is 16.5. The van der Waals surface area contributed by atoms with Gasteiger partial charge in [0.2, 0.25) is 0 Å². The van der Waals surface area contributed by atoms with Crippen LogP contribution in [-0.2, 0) is 0 Å². The highest BCUT2D eigenvalue weighted by Crippen LogP contribution is 2.26. The molecule has 0 aliphatic carbocycles. The molecule has 4 heteroatoms. The number of aliphatic hydroxyl groups excluding tert-OH is 1. The number of para-hydroxylation sites is 2. The fourth-order valence-corrected chi connectivity index (χ4v) is 1.63. The Hall–Kier alpha value is -1.26. The van der Waals surface area contributed by atoms with Gasteiger partial charge < -0.3 is 19.9 Å². The summed E-state index contributed by atoms with van der Waals surface area (Å²) in [5.41, 5.74) is 0. The van der Waals surface area contributed by atoms with Crippen LogP contribution < -0.4 is 14.8 Å². The number of rotatable bonds is 9. The lowest BCUT2D eigenvalue weighted by Crippen LogP contribution is -2.33. The van der Waals surface area contributed by atoms with E-state index in [0.29, 0.717) is 30.6 Å². The molecule has 2 N–H and O–H groups in total. The summed E-state index contributed by atoms with van der Waals surface area (Å²) in [7, 11) is 0. The van der Waals surface area contributed by atoms with Gasteiger partial charge in [-0.15, -0.1) is 0 Å². The van der Waals surface area contributed by atoms with Gasteiger partial charge in [0.1, 0.15) is 12.7 Å². The smallest absolute Gasteiger partial charge is 0.161 e. The molecule has 0 radical (unpaired) electrons. The van der Waals surface area contributed by atoms with Gasteiger partial charge in [0.25, 0.3) is 0 Å². The minimum atomic E-state index is -0.520. The van der Waals surface area contributed by atoms with Gasteiger partial charge in [0.15, 0.2) is 11.5 Å². The van der Waals surface area contributed by atoms with Crippen LogP contribution in [0.25, 0.3) is 0 Å². The second-order valence-corrected chi connectivity index (χ2v) is 4.90. The van der Waals surface area contributed by atoms with E-state index in [0.717, 1.165) is 6.54 Å². The largest absolute Gasteiger partial charge is 0.490 e. The third kappa shape index (κ3) is 6.45. The minimum absolute atomic E-state index is 0.259. The van der Waals surface area contributed by atoms with Crippen LogP contribution >= 0.6 is 0 Å². The summed E-state index contributed by atoms with van der Waals surface area (Å²) in [6, 6.07) is 7.50. The molecule has 1 rings (SSSR count). The molecule has 0 heterocycles. The number of ether oxygens (including phenoxy) is 2. The Morgan fingerprint density at radius 1 is 1.11 bits per heavy atom. The van der Waals surface area contributed by atoms with Gasteiger partial charge in [-0.05, 0) is 31.5 Å². The van der Waals surface area contributed by atoms with Crippen molar-refractivity contribution in [3.63, 3.8) is 0 Å². The highest BCUT2D eigenvalue weighted by molar-refractivity contribution is 5.39. The molecule has 19 heavy (non-hydrogen) atoms. The Balaban J connectivity index is 2.35. The zero-order chi connectivity index (χ0) is 14.1. The van der Waals surface area contributed by atoms with Crippen LogP contribution in [0.5, 0.6) is 11.5 Å². The zero-order valence-electron chi connectivity index (χ0n) is 12.1. The lowest BCUT2D eigenvalue weighted by atomic mass is 10.2. The van der Waals surface area contributed by atoms with Crippen LogP contribution in [0.15, 0.2) is 24.3 Å². The van der Waals surface area contributed by atoms with Gasteiger partial charge in [0.05, 0.1) is 6.61 Å². The third-order valence-electron chi connectivity index (χ3n) is 2.51. The number of nitrogens with one attached hydrogen (secondary N) is 1. The number of benzene rings is 1. The summed E-state index contributed by atoms with van der Waals surface area (Å²) >= 11 is 0. The number of hydrogen-bond donors (Lipinski definition) is 2. The van der Waals surface area contributed by atoms with Crippen molar-refractivity contribution in [2.75, 3.05) is 26.3 Å². The van der Waals surface area contributed by atoms with Gasteiger partial charge in [-0.25, -0.2) is 0 Å². The van der Waals surface area contributed by atoms with E-state index in [1.54, 1.807) is 0 Å². The Morgan fingerprint density at radius 3 is 2.32 bits per heavy atom. The second kappa shape index (κ2) is 8.77. The molecule has 1 aromatic carbocycles. The van der Waals surface area contributed by atoms with Crippen molar-refractivity contribution in [2.45, 2.75) is 26.9 Å². The second-order valence-electron chi connectivity index (χ2n) is 4.90. The van der Waals surface area contributed by atoms with Gasteiger partial charge in [-0.3, -0.25) is 0 Å². The maximum atomic E-state index is 9.82. The van der Waals surface area contributed by atoms with Gasteiger partial charge in [0, 0.05) is 6.54 Å². The first-order valence-electron chi connectivity index (χ1n) is 6.86. The van der Waals surface area contributed by atoms with Crippen molar-refractivity contribution < 1.29 is 14.6 Å². The standard InChI is InChI=1S/C15H25NO3/c1-4-18-14-7-5-6-8-15(14)19-11-13(17)10-16-9-12(2)3/h5-8,12-13,16-17H,4,9-11H2,1-3H3/t13-/m1/s1. The first kappa shape index (κ1) is 15.8. The zero-order valence-corrected chi connectivity index (χ0v) is 12.1. The summed E-state index contributed by atoms with van der Waals surface area (Å²) in [6.07, 6.45) is -0.520. The number of aliphatic hydroxyl groups is 1. The molecule has 0 spiro atoms. The number of hydrogen-bond acceptors (Lipinski definition) is 4. The first-order valence-corrected chi connectivity index (χ1v) is 6.86. The fourth-order valence-electron chi connectivity index (χ4n) is 1.63. The Morgan fingerprint density at radius 2 is 1.74 bits per heavy atom. The molecule has 0 saturated carbocycles. The Kier molecular flexibility index (Phi) is 7.30. The predicted molar refractivity (Wildman–Crippen MR) is 76.8 cm³/mol. The van der Waals surface area contributed by atoms with E-state index in [4.69, 9.17) is 9.47 Å². The van der Waals surface area contributed by atoms with Crippen LogP contribution in [-0.4, -0.2) is 37.5 Å². The molecule has 0 amide bonds. The Bertz CT molecular complexity index is 355. The quantitative estimate of drug-likeness (QED) is 0.719. The predicted octanol–water partition coefficient (Wildman–Crippen LogP) is 2.07. The van der Waals surface area contributed by atoms with E-state index in [1.165, 1.54) is 0 Å². The Labute approximate surface area is 115 Å². The van der Waals surface area contributed by atoms with Crippen LogP contribution in [0, 0.1) is 5.92 Å². The molecule has 1 aromatic rings. The van der Waals surface area contributed by atoms with Crippen molar-refractivity contribution >= 4 is 0 Å². The van der Waals surface area contributed by atoms with Gasteiger partial charge >= 0.3 is 0 Å². The maximum Gasteiger partial charge on any atom is 0.161 e. The minimum Gasteiger partial charge on any atom is -0.490 e. The van der Waals surface area contributed by atoms with E-state index in [2.05, 4.69) is 19.2 Å². The lowest BCUT2D eigenvalue weighted by molar-refractivity contribution is 0.103. The molecule has 108 valence electrons. The lowest BCUT2D eigenvalue weighted by Gasteiger charge is -2.16. The van der Waals surface area contributed by atoms with Gasteiger partial charge in [-0.2, -0.15) is 0 Å². The molecule has 0 unspecified atom stereocenters. The monoisotopic (exact) mass is 267 g/mol. The van der Waals surface area contributed by atoms with Gasteiger partial charge in [-0.1, -0.05) is 26.0 Å². The normalized spacial score (nSPS) is 12.5. The summed E-state index contributed by atoms with van der Waals surface area (Å²) in [4.78, 5) is 0. The molecular weight excluding hydrogens is 242 g/mol. The molecular formula is C15H25NO3. The molecule has 1 atom stereocenters. The van der Waals surface area contributed by atoms with Crippen molar-refractivity contribution in [1.82, 2.24) is 5.32 Å². The third-order valence-corrected chi connectivity index (χ3v) is 2.51. The average Bonchev–Trinajstić information content (AvgIpc) is 2.37. The van der Waals surface area contributed by atoms with E-state index in [1.807, 2.05) is 31.2 Å². The van der Waals surface area contributed by atoms with Crippen LogP contribution in [0.3, 0.4) is 0 Å². The molecule has 4 nitrogen and oxygen atoms in total. The molecule has 0 bridgehead atoms. The summed E-state index contributed by atoms with van der Waals surface area (Å²) in [5, 5.41) is 13.0. The van der Waals surface area contributed by atoms with Crippen molar-refractivity contribution in [3.8, 4) is 11.5 Å². The molecule has 0 fully saturated rings. The molecule has 0 aliphatic rings. The van der Waals surface area contributed by atoms with Crippen molar-refractivity contribution in [2.24, 2.45) is 5.92 Å². The molecule has 0 saturated heterocycles. The van der Waals surface area contributed by atoms with E-state index in [9.17, 15) is 5.11 Å². The fraction of sp³-hybridized carbons (Fsp3) is 0.600. The van der Waals surface area contributed by atoms with E-state index in [-0.39, 0.29) is 6.61 Å². The van der Waals surface area contributed by atoms with Crippen LogP contribution in [0.4, 0.5) is 0 Å².